The number of nitrogens with zero attached hydrogens (tertiary/aromatic N) is 1. The van der Waals surface area contributed by atoms with Crippen LogP contribution in [0, 0.1) is 11.3 Å². The molecule has 0 aliphatic carbocycles. The molecule has 0 aliphatic heterocycles. The maximum atomic E-state index is 9.84. The van der Waals surface area contributed by atoms with Crippen molar-refractivity contribution in [3.05, 3.63) is 82.7 Å². The molecule has 0 atom stereocenters. The summed E-state index contributed by atoms with van der Waals surface area (Å²) in [6.45, 7) is 0. The number of halogens is 1. The molecule has 2 aromatic heterocycles. The Labute approximate surface area is 154 Å². The Balaban J connectivity index is 2.02. The van der Waals surface area contributed by atoms with E-state index in [9.17, 15) is 5.26 Å². The van der Waals surface area contributed by atoms with Crippen molar-refractivity contribution in [3.8, 4) is 39.2 Å². The van der Waals surface area contributed by atoms with Crippen molar-refractivity contribution in [3.63, 3.8) is 0 Å². The van der Waals surface area contributed by atoms with Gasteiger partial charge in [0.15, 0.2) is 5.76 Å². The molecular weight excluding hydrogens is 350 g/mol. The van der Waals surface area contributed by atoms with E-state index in [0.717, 1.165) is 21.6 Å². The molecule has 0 aliphatic rings. The van der Waals surface area contributed by atoms with E-state index in [0.29, 0.717) is 22.1 Å². The summed E-state index contributed by atoms with van der Waals surface area (Å²) in [6, 6.07) is 23.5. The third-order valence-electron chi connectivity index (χ3n) is 3.93. The van der Waals surface area contributed by atoms with Gasteiger partial charge in [0.25, 0.3) is 0 Å². The van der Waals surface area contributed by atoms with Gasteiger partial charge in [-0.25, -0.2) is 0 Å². The van der Waals surface area contributed by atoms with E-state index in [1.54, 1.807) is 11.3 Å². The number of benzene rings is 2. The summed E-state index contributed by atoms with van der Waals surface area (Å²) < 4.78 is 6.21. The molecule has 0 saturated heterocycles. The molecule has 2 nitrogen and oxygen atoms in total. The van der Waals surface area contributed by atoms with Gasteiger partial charge in [-0.1, -0.05) is 48.0 Å². The first-order chi connectivity index (χ1) is 12.3. The van der Waals surface area contributed by atoms with E-state index in [-0.39, 0.29) is 0 Å². The summed E-state index contributed by atoms with van der Waals surface area (Å²) in [5.41, 5.74) is 3.17. The van der Waals surface area contributed by atoms with Crippen LogP contribution in [0.15, 0.2) is 76.5 Å². The van der Waals surface area contributed by atoms with Crippen LogP contribution >= 0.6 is 22.9 Å². The highest BCUT2D eigenvalue weighted by Gasteiger charge is 2.24. The molecule has 0 fully saturated rings. The highest BCUT2D eigenvalue weighted by atomic mass is 35.5. The number of rotatable bonds is 3. The van der Waals surface area contributed by atoms with Crippen LogP contribution in [0.3, 0.4) is 0 Å². The number of nitriles is 1. The van der Waals surface area contributed by atoms with Gasteiger partial charge in [0.05, 0.1) is 5.56 Å². The van der Waals surface area contributed by atoms with Crippen molar-refractivity contribution in [2.45, 2.75) is 0 Å². The van der Waals surface area contributed by atoms with Crippen LogP contribution in [0.1, 0.15) is 5.56 Å². The van der Waals surface area contributed by atoms with Crippen LogP contribution in [0.5, 0.6) is 0 Å². The van der Waals surface area contributed by atoms with Gasteiger partial charge in [-0.15, -0.1) is 11.3 Å². The van der Waals surface area contributed by atoms with Gasteiger partial charge in [-0.3, -0.25) is 0 Å². The maximum Gasteiger partial charge on any atom is 0.153 e. The van der Waals surface area contributed by atoms with Crippen molar-refractivity contribution in [2.24, 2.45) is 0 Å². The summed E-state index contributed by atoms with van der Waals surface area (Å²) in [5, 5.41) is 12.5. The Hall–Kier alpha value is -2.80. The molecule has 0 bridgehead atoms. The predicted molar refractivity (Wildman–Crippen MR) is 103 cm³/mol. The molecule has 4 rings (SSSR count). The number of thiophene rings is 1. The molecule has 0 amide bonds. The second kappa shape index (κ2) is 6.60. The fourth-order valence-electron chi connectivity index (χ4n) is 2.79. The molecule has 2 aromatic carbocycles. The molecule has 0 spiro atoms. The van der Waals surface area contributed by atoms with Gasteiger partial charge < -0.3 is 4.42 Å². The van der Waals surface area contributed by atoms with E-state index in [1.807, 2.05) is 72.1 Å². The van der Waals surface area contributed by atoms with Crippen LogP contribution in [0.4, 0.5) is 0 Å². The summed E-state index contributed by atoms with van der Waals surface area (Å²) >= 11 is 7.61. The Morgan fingerprint density at radius 3 is 2.20 bits per heavy atom. The van der Waals surface area contributed by atoms with Crippen molar-refractivity contribution >= 4 is 22.9 Å². The third-order valence-corrected chi connectivity index (χ3v) is 5.07. The normalized spacial score (nSPS) is 10.6. The zero-order chi connectivity index (χ0) is 17.2. The summed E-state index contributed by atoms with van der Waals surface area (Å²) in [7, 11) is 0. The molecule has 4 heteroatoms. The highest BCUT2D eigenvalue weighted by Crippen LogP contribution is 2.44. The molecule has 0 unspecified atom stereocenters. The average Bonchev–Trinajstić information content (AvgIpc) is 3.30. The molecule has 25 heavy (non-hydrogen) atoms. The Bertz CT molecular complexity index is 1040. The number of hydrogen-bond donors (Lipinski definition) is 0. The number of hydrogen-bond acceptors (Lipinski definition) is 3. The molecule has 0 saturated carbocycles. The monoisotopic (exact) mass is 361 g/mol. The zero-order valence-corrected chi connectivity index (χ0v) is 14.6. The molecule has 0 radical (unpaired) electrons. The van der Waals surface area contributed by atoms with E-state index in [2.05, 4.69) is 6.07 Å². The highest BCUT2D eigenvalue weighted by molar-refractivity contribution is 7.13. The maximum absolute atomic E-state index is 9.84. The lowest BCUT2D eigenvalue weighted by molar-refractivity contribution is 0.597. The topological polar surface area (TPSA) is 36.9 Å². The van der Waals surface area contributed by atoms with Gasteiger partial charge in [0.1, 0.15) is 17.4 Å². The van der Waals surface area contributed by atoms with Crippen LogP contribution in [0.2, 0.25) is 5.02 Å². The van der Waals surface area contributed by atoms with Crippen molar-refractivity contribution in [1.82, 2.24) is 0 Å². The van der Waals surface area contributed by atoms with Gasteiger partial charge in [0.2, 0.25) is 0 Å². The van der Waals surface area contributed by atoms with Crippen molar-refractivity contribution in [1.29, 1.82) is 5.26 Å². The van der Waals surface area contributed by atoms with Crippen molar-refractivity contribution in [2.75, 3.05) is 0 Å². The first-order valence-electron chi connectivity index (χ1n) is 7.70. The lowest BCUT2D eigenvalue weighted by Gasteiger charge is -2.01. The summed E-state index contributed by atoms with van der Waals surface area (Å²) in [6.07, 6.45) is 0. The van der Waals surface area contributed by atoms with Gasteiger partial charge in [-0.05, 0) is 35.7 Å². The lowest BCUT2D eigenvalue weighted by Crippen LogP contribution is -1.82. The Kier molecular flexibility index (Phi) is 4.15. The summed E-state index contributed by atoms with van der Waals surface area (Å²) in [4.78, 5) is 1.01. The van der Waals surface area contributed by atoms with E-state index in [4.69, 9.17) is 16.0 Å². The van der Waals surface area contributed by atoms with Gasteiger partial charge >= 0.3 is 0 Å². The first-order valence-corrected chi connectivity index (χ1v) is 8.96. The molecule has 120 valence electrons. The van der Waals surface area contributed by atoms with Crippen LogP contribution in [-0.4, -0.2) is 0 Å². The van der Waals surface area contributed by atoms with Crippen LogP contribution in [0.25, 0.3) is 33.1 Å². The summed E-state index contributed by atoms with van der Waals surface area (Å²) in [5.74, 6) is 1.28. The smallest absolute Gasteiger partial charge is 0.153 e. The average molecular weight is 362 g/mol. The zero-order valence-electron chi connectivity index (χ0n) is 13.1. The second-order valence-electron chi connectivity index (χ2n) is 5.47. The van der Waals surface area contributed by atoms with E-state index < -0.39 is 0 Å². The van der Waals surface area contributed by atoms with Gasteiger partial charge in [0, 0.05) is 21.0 Å². The molecular formula is C21H12ClNOS. The van der Waals surface area contributed by atoms with Crippen molar-refractivity contribution < 1.29 is 4.42 Å². The fourth-order valence-corrected chi connectivity index (χ4v) is 3.69. The first kappa shape index (κ1) is 15.7. The Morgan fingerprint density at radius 1 is 0.840 bits per heavy atom. The third kappa shape index (κ3) is 2.87. The van der Waals surface area contributed by atoms with E-state index >= 15 is 0 Å². The van der Waals surface area contributed by atoms with E-state index in [1.165, 1.54) is 0 Å². The molecule has 4 aromatic rings. The quantitative estimate of drug-likeness (QED) is 0.399. The largest absolute Gasteiger partial charge is 0.454 e. The minimum absolute atomic E-state index is 0.554. The Morgan fingerprint density at radius 2 is 1.56 bits per heavy atom. The standard InChI is InChI=1S/C21H12ClNOS/c22-16-10-8-15(9-11-16)21-19(18-7-4-12-25-18)17(13-23)20(24-21)14-5-2-1-3-6-14/h1-12H. The minimum Gasteiger partial charge on any atom is -0.454 e. The fraction of sp³-hybridized carbons (Fsp3) is 0. The second-order valence-corrected chi connectivity index (χ2v) is 6.86. The molecule has 0 N–H and O–H groups in total. The van der Waals surface area contributed by atoms with Gasteiger partial charge in [-0.2, -0.15) is 5.26 Å². The lowest BCUT2D eigenvalue weighted by atomic mass is 10.0. The minimum atomic E-state index is 0.554. The SMILES string of the molecule is N#Cc1c(-c2ccccc2)oc(-c2ccc(Cl)cc2)c1-c1cccs1. The number of furan rings is 1. The molecule has 2 heterocycles. The predicted octanol–water partition coefficient (Wildman–Crippen LogP) is 6.87. The van der Waals surface area contributed by atoms with Crippen LogP contribution in [-0.2, 0) is 0 Å². The van der Waals surface area contributed by atoms with Crippen LogP contribution < -0.4 is 0 Å².